The van der Waals surface area contributed by atoms with Gasteiger partial charge in [0.15, 0.2) is 0 Å². The molecule has 27 nitrogen and oxygen atoms in total. The first kappa shape index (κ1) is 70.6. The number of nitrogens with two attached hydrogens (primary N) is 3. The molecule has 4 rings (SSSR count). The lowest BCUT2D eigenvalue weighted by Crippen LogP contribution is -2.56. The second-order valence-corrected chi connectivity index (χ2v) is 18.5. The second-order valence-electron chi connectivity index (χ2n) is 18.5. The number of carbonyl (C=O) groups excluding carboxylic acids is 6. The summed E-state index contributed by atoms with van der Waals surface area (Å²) in [6.07, 6.45) is 10.2. The first-order valence-electron chi connectivity index (χ1n) is 26.7. The van der Waals surface area contributed by atoms with Crippen LogP contribution in [-0.2, 0) is 66.7 Å². The van der Waals surface area contributed by atoms with Gasteiger partial charge in [-0.1, -0.05) is 58.7 Å². The number of amides is 3. The SMILES string of the molecule is CCCOC1C=C(C(=O)O)CC(N)C1NC(=O)CC.CCCOC1C=C(C(=O)OC)CC(N)C1NC(=O)CC.CCCOC1C=C(C(=O)OC)CC(N=[N+]=[N-])C1N.CCCOC1C=C(C(=O)OC)CC(N=[N+]=[N-])C1NC(=O)CC. The Labute approximate surface area is 462 Å². The quantitative estimate of drug-likeness (QED) is 0.0235. The molecule has 0 aromatic carbocycles. The number of methoxy groups -OCH3 is 3. The van der Waals surface area contributed by atoms with Gasteiger partial charge in [0.05, 0.1) is 76.0 Å². The Balaban J connectivity index is 0.000000528. The molecule has 27 heteroatoms. The van der Waals surface area contributed by atoms with Crippen LogP contribution in [-0.4, -0.2) is 167 Å². The molecule has 0 fully saturated rings. The molecule has 12 atom stereocenters. The zero-order chi connectivity index (χ0) is 59.6. The Morgan fingerprint density at radius 1 is 0.506 bits per heavy atom. The van der Waals surface area contributed by atoms with E-state index in [4.69, 9.17) is 61.8 Å². The normalized spacial score (nSPS) is 25.8. The zero-order valence-electron chi connectivity index (χ0n) is 47.4. The van der Waals surface area contributed by atoms with Gasteiger partial charge in [0.25, 0.3) is 0 Å². The maximum Gasteiger partial charge on any atom is 0.333 e. The van der Waals surface area contributed by atoms with Gasteiger partial charge in [-0.3, -0.25) is 14.4 Å². The Hall–Kier alpha value is -6.41. The number of azide groups is 2. The van der Waals surface area contributed by atoms with Crippen LogP contribution in [0.4, 0.5) is 0 Å². The molecule has 0 saturated heterocycles. The van der Waals surface area contributed by atoms with Crippen molar-refractivity contribution in [1.82, 2.24) is 16.0 Å². The lowest BCUT2D eigenvalue weighted by atomic mass is 9.88. The molecule has 0 saturated carbocycles. The number of carboxylic acids is 1. The van der Waals surface area contributed by atoms with Crippen LogP contribution in [0.5, 0.6) is 0 Å². The van der Waals surface area contributed by atoms with Gasteiger partial charge in [0.2, 0.25) is 17.7 Å². The number of hydrogen-bond acceptors (Lipinski definition) is 19. The zero-order valence-corrected chi connectivity index (χ0v) is 47.4. The average molecular weight is 1120 g/mol. The van der Waals surface area contributed by atoms with Crippen LogP contribution in [0, 0.1) is 0 Å². The van der Waals surface area contributed by atoms with Crippen LogP contribution in [0.2, 0.25) is 0 Å². The van der Waals surface area contributed by atoms with E-state index in [0.717, 1.165) is 25.7 Å². The van der Waals surface area contributed by atoms with Gasteiger partial charge in [-0.25, -0.2) is 19.2 Å². The number of hydrogen-bond donors (Lipinski definition) is 7. The summed E-state index contributed by atoms with van der Waals surface area (Å²) in [5.74, 6) is -2.66. The number of nitrogens with zero attached hydrogens (tertiary/aromatic N) is 6. The van der Waals surface area contributed by atoms with Crippen LogP contribution in [0.1, 0.15) is 119 Å². The third kappa shape index (κ3) is 24.2. The number of esters is 3. The molecule has 444 valence electrons. The minimum absolute atomic E-state index is 0.0783. The van der Waals surface area contributed by atoms with Crippen molar-refractivity contribution in [1.29, 1.82) is 0 Å². The summed E-state index contributed by atoms with van der Waals surface area (Å²) in [6, 6.07) is -3.54. The van der Waals surface area contributed by atoms with Gasteiger partial charge in [0, 0.05) is 95.9 Å². The molecule has 0 bridgehead atoms. The lowest BCUT2D eigenvalue weighted by molar-refractivity contribution is -0.137. The second kappa shape index (κ2) is 39.0. The number of carbonyl (C=O) groups is 7. The van der Waals surface area contributed by atoms with Crippen LogP contribution in [0.3, 0.4) is 0 Å². The standard InChI is InChI=1S/C14H22N4O4.C14H24N2O4.C13H22N2O4.C11H18N4O3/c1-4-6-22-11-8-9(14(20)21-3)7-10(17-18-15)13(11)16-12(19)5-2;1-4-6-20-11-8-9(14(18)19-3)7-10(15)13(11)16-12(17)5-2;1-3-5-19-10-7-8(13(17)18)6-9(14)12(10)15-11(16)4-2;1-3-4-18-9-6-7(11(16)17-2)5-8(10(9)12)14-15-13/h8,10-11,13H,4-7H2,1-3H3,(H,16,19);8,10-11,13H,4-7,15H2,1-3H3,(H,16,17);7,9-10,12H,3-6,14H2,1-2H3,(H,15,16)(H,17,18);6,8-10H,3-5,12H2,1-2H3. The summed E-state index contributed by atoms with van der Waals surface area (Å²) in [4.78, 5) is 86.3. The van der Waals surface area contributed by atoms with E-state index in [2.05, 4.69) is 40.7 Å². The molecule has 10 N–H and O–H groups in total. The Morgan fingerprint density at radius 3 is 1.16 bits per heavy atom. The molecule has 12 unspecified atom stereocenters. The summed E-state index contributed by atoms with van der Waals surface area (Å²) >= 11 is 0. The Kier molecular flexibility index (Phi) is 34.9. The van der Waals surface area contributed by atoms with Crippen molar-refractivity contribution >= 4 is 41.6 Å². The van der Waals surface area contributed by atoms with E-state index in [0.29, 0.717) is 68.8 Å². The monoisotopic (exact) mass is 1120 g/mol. The van der Waals surface area contributed by atoms with Crippen molar-refractivity contribution in [2.24, 2.45) is 27.4 Å². The molecular weight excluding hydrogens is 1030 g/mol. The molecule has 0 radical (unpaired) electrons. The number of carboxylic acid groups (broad SMARTS) is 1. The minimum atomic E-state index is -0.985. The molecule has 0 aliphatic heterocycles. The van der Waals surface area contributed by atoms with Crippen molar-refractivity contribution in [2.45, 2.75) is 192 Å². The van der Waals surface area contributed by atoms with Crippen molar-refractivity contribution < 1.29 is 71.8 Å². The molecule has 3 amide bonds. The minimum Gasteiger partial charge on any atom is -0.478 e. The van der Waals surface area contributed by atoms with Gasteiger partial charge in [-0.05, 0) is 86.7 Å². The van der Waals surface area contributed by atoms with Gasteiger partial charge < -0.3 is 71.4 Å². The fourth-order valence-electron chi connectivity index (χ4n) is 8.31. The summed E-state index contributed by atoms with van der Waals surface area (Å²) in [7, 11) is 3.93. The van der Waals surface area contributed by atoms with E-state index in [1.165, 1.54) is 21.3 Å². The maximum atomic E-state index is 11.8. The molecule has 4 aliphatic carbocycles. The Bertz CT molecular complexity index is 2210. The molecule has 79 heavy (non-hydrogen) atoms. The van der Waals surface area contributed by atoms with Gasteiger partial charge >= 0.3 is 23.9 Å². The van der Waals surface area contributed by atoms with Crippen LogP contribution >= 0.6 is 0 Å². The first-order valence-corrected chi connectivity index (χ1v) is 26.7. The molecular formula is C52H86N12O15. The molecule has 0 heterocycles. The van der Waals surface area contributed by atoms with Crippen molar-refractivity contribution in [3.8, 4) is 0 Å². The number of ether oxygens (including phenoxy) is 7. The van der Waals surface area contributed by atoms with Crippen LogP contribution in [0.15, 0.2) is 56.8 Å². The summed E-state index contributed by atoms with van der Waals surface area (Å²) in [5.41, 5.74) is 36.9. The highest BCUT2D eigenvalue weighted by atomic mass is 16.5. The third-order valence-corrected chi connectivity index (χ3v) is 12.5. The number of nitrogens with one attached hydrogen (secondary N) is 3. The summed E-state index contributed by atoms with van der Waals surface area (Å²) in [6.45, 7) is 15.2. The molecule has 0 spiro atoms. The molecule has 0 aromatic rings. The Morgan fingerprint density at radius 2 is 0.810 bits per heavy atom. The van der Waals surface area contributed by atoms with Crippen molar-refractivity contribution in [3.63, 3.8) is 0 Å². The van der Waals surface area contributed by atoms with Crippen LogP contribution in [0.25, 0.3) is 20.9 Å². The maximum absolute atomic E-state index is 11.8. The summed E-state index contributed by atoms with van der Waals surface area (Å²) in [5, 5.41) is 24.9. The highest BCUT2D eigenvalue weighted by molar-refractivity contribution is 5.90. The van der Waals surface area contributed by atoms with E-state index >= 15 is 0 Å². The third-order valence-electron chi connectivity index (χ3n) is 12.5. The predicted octanol–water partition coefficient (Wildman–Crippen LogP) is 4.07. The molecule has 0 aromatic heterocycles. The van der Waals surface area contributed by atoms with E-state index < -0.39 is 78.5 Å². The van der Waals surface area contributed by atoms with Crippen molar-refractivity contribution in [3.05, 3.63) is 67.5 Å². The highest BCUT2D eigenvalue weighted by Gasteiger charge is 2.39. The van der Waals surface area contributed by atoms with Gasteiger partial charge in [-0.2, -0.15) is 0 Å². The largest absolute Gasteiger partial charge is 0.478 e. The average Bonchev–Trinajstić information content (AvgIpc) is 3.48. The van der Waals surface area contributed by atoms with E-state index in [9.17, 15) is 33.6 Å². The smallest absolute Gasteiger partial charge is 0.333 e. The predicted molar refractivity (Wildman–Crippen MR) is 291 cm³/mol. The van der Waals surface area contributed by atoms with Crippen molar-refractivity contribution in [2.75, 3.05) is 47.8 Å². The number of rotatable bonds is 24. The van der Waals surface area contributed by atoms with E-state index in [1.54, 1.807) is 45.1 Å². The van der Waals surface area contributed by atoms with Gasteiger partial charge in [-0.15, -0.1) is 0 Å². The van der Waals surface area contributed by atoms with Crippen LogP contribution < -0.4 is 33.2 Å². The summed E-state index contributed by atoms with van der Waals surface area (Å²) < 4.78 is 36.7. The first-order chi connectivity index (χ1) is 37.7. The van der Waals surface area contributed by atoms with E-state index in [-0.39, 0.29) is 60.7 Å². The fourth-order valence-corrected chi connectivity index (χ4v) is 8.31. The van der Waals surface area contributed by atoms with Gasteiger partial charge in [0.1, 0.15) is 0 Å². The lowest BCUT2D eigenvalue weighted by Gasteiger charge is -2.35. The van der Waals surface area contributed by atoms with E-state index in [1.807, 2.05) is 27.7 Å². The highest BCUT2D eigenvalue weighted by Crippen LogP contribution is 2.27. The molecule has 4 aliphatic rings. The topological polar surface area (TPSA) is 416 Å². The number of aliphatic carboxylic acids is 1. The fraction of sp³-hybridized carbons (Fsp3) is 0.712.